The fourth-order valence-electron chi connectivity index (χ4n) is 3.16. The number of likely N-dealkylation sites (N-methyl/N-ethyl adjacent to an activating group) is 1. The van der Waals surface area contributed by atoms with Crippen molar-refractivity contribution < 1.29 is 4.74 Å². The summed E-state index contributed by atoms with van der Waals surface area (Å²) in [5.74, 6) is 7.27. The average molecular weight is 445 g/mol. The van der Waals surface area contributed by atoms with Crippen LogP contribution in [0.1, 0.15) is 38.8 Å². The SMILES string of the molecule is CCN(CC=CC#CC(C)(C)C)Cc1cccc(OCc2cccc(-c3cncs3)c2)c1. The molecule has 3 rings (SSSR count). The molecular formula is C28H32N2OS. The molecule has 0 N–H and O–H groups in total. The standard InChI is InChI=1S/C28H32N2OS/c1-5-30(16-8-6-7-15-28(2,3)4)20-23-11-10-14-26(18-23)31-21-24-12-9-13-25(17-24)27-19-29-22-32-27/h6,8-14,17-19,22H,5,16,20-21H2,1-4H3. The van der Waals surface area contributed by atoms with Crippen LogP contribution in [0.5, 0.6) is 5.75 Å². The number of hydrogen-bond donors (Lipinski definition) is 0. The second-order valence-corrected chi connectivity index (χ2v) is 9.64. The van der Waals surface area contributed by atoms with Gasteiger partial charge in [0.2, 0.25) is 0 Å². The van der Waals surface area contributed by atoms with E-state index in [1.54, 1.807) is 11.3 Å². The van der Waals surface area contributed by atoms with E-state index >= 15 is 0 Å². The van der Waals surface area contributed by atoms with Crippen LogP contribution in [0.25, 0.3) is 10.4 Å². The third-order valence-electron chi connectivity index (χ3n) is 4.81. The van der Waals surface area contributed by atoms with Crippen LogP contribution in [0.3, 0.4) is 0 Å². The summed E-state index contributed by atoms with van der Waals surface area (Å²) in [6.07, 6.45) is 6.01. The molecule has 0 aliphatic rings. The van der Waals surface area contributed by atoms with E-state index in [-0.39, 0.29) is 5.41 Å². The maximum atomic E-state index is 6.10. The minimum Gasteiger partial charge on any atom is -0.489 e. The molecular weight excluding hydrogens is 412 g/mol. The van der Waals surface area contributed by atoms with Gasteiger partial charge >= 0.3 is 0 Å². The van der Waals surface area contributed by atoms with E-state index in [4.69, 9.17) is 4.74 Å². The van der Waals surface area contributed by atoms with E-state index in [1.165, 1.54) is 16.0 Å². The van der Waals surface area contributed by atoms with Crippen LogP contribution in [-0.2, 0) is 13.2 Å². The highest BCUT2D eigenvalue weighted by Crippen LogP contribution is 2.24. The van der Waals surface area contributed by atoms with Gasteiger partial charge in [0.05, 0.1) is 10.4 Å². The number of ether oxygens (including phenoxy) is 1. The van der Waals surface area contributed by atoms with Crippen molar-refractivity contribution in [2.24, 2.45) is 5.41 Å². The van der Waals surface area contributed by atoms with E-state index < -0.39 is 0 Å². The lowest BCUT2D eigenvalue weighted by molar-refractivity contribution is 0.299. The van der Waals surface area contributed by atoms with Gasteiger partial charge < -0.3 is 4.74 Å². The van der Waals surface area contributed by atoms with E-state index in [9.17, 15) is 0 Å². The lowest BCUT2D eigenvalue weighted by Gasteiger charge is -2.19. The summed E-state index contributed by atoms with van der Waals surface area (Å²) >= 11 is 1.65. The number of hydrogen-bond acceptors (Lipinski definition) is 4. The van der Waals surface area contributed by atoms with Crippen LogP contribution >= 0.6 is 11.3 Å². The van der Waals surface area contributed by atoms with Crippen molar-refractivity contribution in [3.8, 4) is 28.0 Å². The van der Waals surface area contributed by atoms with Gasteiger partial charge in [0, 0.05) is 24.7 Å². The van der Waals surface area contributed by atoms with Crippen LogP contribution in [0, 0.1) is 17.3 Å². The molecule has 32 heavy (non-hydrogen) atoms. The summed E-state index contributed by atoms with van der Waals surface area (Å²) in [4.78, 5) is 7.73. The molecule has 0 saturated carbocycles. The van der Waals surface area contributed by atoms with Gasteiger partial charge in [-0.3, -0.25) is 9.88 Å². The maximum Gasteiger partial charge on any atom is 0.120 e. The maximum absolute atomic E-state index is 6.10. The predicted octanol–water partition coefficient (Wildman–Crippen LogP) is 6.82. The quantitative estimate of drug-likeness (QED) is 0.339. The van der Waals surface area contributed by atoms with Crippen molar-refractivity contribution in [1.82, 2.24) is 9.88 Å². The molecule has 2 aromatic carbocycles. The molecule has 0 amide bonds. The van der Waals surface area contributed by atoms with Crippen LogP contribution in [-0.4, -0.2) is 23.0 Å². The van der Waals surface area contributed by atoms with Crippen molar-refractivity contribution in [2.45, 2.75) is 40.8 Å². The molecule has 1 heterocycles. The Hall–Kier alpha value is -2.87. The fourth-order valence-corrected chi connectivity index (χ4v) is 3.78. The zero-order valence-electron chi connectivity index (χ0n) is 19.5. The summed E-state index contributed by atoms with van der Waals surface area (Å²) < 4.78 is 6.10. The lowest BCUT2D eigenvalue weighted by Crippen LogP contribution is -2.22. The molecule has 0 bridgehead atoms. The number of benzene rings is 2. The van der Waals surface area contributed by atoms with Gasteiger partial charge in [0.1, 0.15) is 12.4 Å². The average Bonchev–Trinajstić information content (AvgIpc) is 3.31. The summed E-state index contributed by atoms with van der Waals surface area (Å²) in [6.45, 7) is 11.8. The van der Waals surface area contributed by atoms with E-state index in [1.807, 2.05) is 23.8 Å². The van der Waals surface area contributed by atoms with E-state index in [0.717, 1.165) is 30.9 Å². The highest BCUT2D eigenvalue weighted by atomic mass is 32.1. The number of allylic oxidation sites excluding steroid dienone is 1. The Morgan fingerprint density at radius 2 is 1.91 bits per heavy atom. The van der Waals surface area contributed by atoms with Crippen LogP contribution < -0.4 is 4.74 Å². The van der Waals surface area contributed by atoms with Gasteiger partial charge in [-0.2, -0.15) is 0 Å². The molecule has 3 aromatic rings. The molecule has 0 unspecified atom stereocenters. The van der Waals surface area contributed by atoms with Gasteiger partial charge in [0.15, 0.2) is 0 Å². The first kappa shape index (κ1) is 23.8. The summed E-state index contributed by atoms with van der Waals surface area (Å²) in [7, 11) is 0. The Kier molecular flexibility index (Phi) is 8.67. The molecule has 0 aliphatic carbocycles. The zero-order chi connectivity index (χ0) is 22.8. The van der Waals surface area contributed by atoms with Crippen molar-refractivity contribution in [1.29, 1.82) is 0 Å². The topological polar surface area (TPSA) is 25.4 Å². The van der Waals surface area contributed by atoms with Crippen molar-refractivity contribution in [2.75, 3.05) is 13.1 Å². The Labute approximate surface area is 196 Å². The number of rotatable bonds is 9. The zero-order valence-corrected chi connectivity index (χ0v) is 20.3. The monoisotopic (exact) mass is 444 g/mol. The second-order valence-electron chi connectivity index (χ2n) is 8.75. The number of aromatic nitrogens is 1. The number of thiazole rings is 1. The predicted molar refractivity (Wildman–Crippen MR) is 136 cm³/mol. The molecule has 0 saturated heterocycles. The highest BCUT2D eigenvalue weighted by molar-refractivity contribution is 7.13. The number of nitrogens with zero attached hydrogens (tertiary/aromatic N) is 2. The van der Waals surface area contributed by atoms with Gasteiger partial charge in [-0.25, -0.2) is 0 Å². The summed E-state index contributed by atoms with van der Waals surface area (Å²) in [5.41, 5.74) is 5.48. The minimum absolute atomic E-state index is 0.0394. The molecule has 4 heteroatoms. The first-order chi connectivity index (χ1) is 15.4. The molecule has 166 valence electrons. The second kappa shape index (κ2) is 11.7. The Balaban J connectivity index is 1.56. The normalized spacial score (nSPS) is 11.5. The van der Waals surface area contributed by atoms with Gasteiger partial charge in [-0.05, 0) is 68.3 Å². The van der Waals surface area contributed by atoms with Crippen molar-refractivity contribution in [3.63, 3.8) is 0 Å². The van der Waals surface area contributed by atoms with Gasteiger partial charge in [-0.1, -0.05) is 55.2 Å². The smallest absolute Gasteiger partial charge is 0.120 e. The van der Waals surface area contributed by atoms with Gasteiger partial charge in [0.25, 0.3) is 0 Å². The first-order valence-corrected chi connectivity index (χ1v) is 11.9. The third kappa shape index (κ3) is 8.00. The van der Waals surface area contributed by atoms with Crippen LogP contribution in [0.2, 0.25) is 0 Å². The molecule has 0 spiro atoms. The largest absolute Gasteiger partial charge is 0.489 e. The fraction of sp³-hybridized carbons (Fsp3) is 0.321. The molecule has 0 fully saturated rings. The lowest BCUT2D eigenvalue weighted by atomic mass is 9.98. The molecule has 0 atom stereocenters. The third-order valence-corrected chi connectivity index (χ3v) is 5.64. The van der Waals surface area contributed by atoms with Crippen molar-refractivity contribution in [3.05, 3.63) is 83.5 Å². The van der Waals surface area contributed by atoms with Crippen LogP contribution in [0.15, 0.2) is 72.4 Å². The van der Waals surface area contributed by atoms with E-state index in [0.29, 0.717) is 6.61 Å². The first-order valence-electron chi connectivity index (χ1n) is 11.0. The van der Waals surface area contributed by atoms with Crippen LogP contribution in [0.4, 0.5) is 0 Å². The molecule has 0 radical (unpaired) electrons. The van der Waals surface area contributed by atoms with Gasteiger partial charge in [-0.15, -0.1) is 11.3 Å². The summed E-state index contributed by atoms with van der Waals surface area (Å²) in [6, 6.07) is 16.8. The molecule has 1 aromatic heterocycles. The summed E-state index contributed by atoms with van der Waals surface area (Å²) in [5, 5.41) is 0. The van der Waals surface area contributed by atoms with E-state index in [2.05, 4.69) is 98.0 Å². The Morgan fingerprint density at radius 1 is 1.09 bits per heavy atom. The van der Waals surface area contributed by atoms with Crippen molar-refractivity contribution >= 4 is 11.3 Å². The Morgan fingerprint density at radius 3 is 2.66 bits per heavy atom. The molecule has 0 aliphatic heterocycles. The highest BCUT2D eigenvalue weighted by Gasteiger charge is 2.06. The Bertz CT molecular complexity index is 1070. The molecule has 3 nitrogen and oxygen atoms in total. The minimum atomic E-state index is 0.0394.